The Kier molecular flexibility index (Phi) is 5.51. The Morgan fingerprint density at radius 2 is 1.85 bits per heavy atom. The van der Waals surface area contributed by atoms with Crippen molar-refractivity contribution in [1.29, 1.82) is 0 Å². The van der Waals surface area contributed by atoms with Gasteiger partial charge in [-0.05, 0) is 38.7 Å². The molecule has 0 aromatic carbocycles. The van der Waals surface area contributed by atoms with Gasteiger partial charge in [-0.3, -0.25) is 0 Å². The number of nitrogens with one attached hydrogen (secondary N) is 1. The molecule has 3 nitrogen and oxygen atoms in total. The third-order valence-electron chi connectivity index (χ3n) is 2.79. The Morgan fingerprint density at radius 3 is 2.40 bits per heavy atom. The van der Waals surface area contributed by atoms with Crippen LogP contribution in [0.3, 0.4) is 0 Å². The zero-order chi connectivity index (χ0) is 15.4. The molecule has 20 heavy (non-hydrogen) atoms. The molecule has 0 unspecified atom stereocenters. The Hall–Kier alpha value is -1.16. The molecule has 0 aliphatic heterocycles. The van der Waals surface area contributed by atoms with Crippen molar-refractivity contribution in [2.24, 2.45) is 5.41 Å². The number of hydrogen-bond acceptors (Lipinski definition) is 3. The maximum absolute atomic E-state index is 13.3. The summed E-state index contributed by atoms with van der Waals surface area (Å²) >= 11 is 0. The van der Waals surface area contributed by atoms with Gasteiger partial charge in [0.1, 0.15) is 5.82 Å². The van der Waals surface area contributed by atoms with Crippen LogP contribution in [-0.2, 0) is 6.54 Å². The zero-order valence-electron chi connectivity index (χ0n) is 13.5. The Balaban J connectivity index is 2.70. The van der Waals surface area contributed by atoms with Crippen molar-refractivity contribution in [3.05, 3.63) is 23.6 Å². The van der Waals surface area contributed by atoms with Crippen LogP contribution in [0.25, 0.3) is 0 Å². The molecule has 114 valence electrons. The van der Waals surface area contributed by atoms with Crippen molar-refractivity contribution in [3.8, 4) is 5.88 Å². The molecule has 0 radical (unpaired) electrons. The molecule has 0 aliphatic rings. The fourth-order valence-electron chi connectivity index (χ4n) is 1.54. The van der Waals surface area contributed by atoms with Gasteiger partial charge in [-0.15, -0.1) is 0 Å². The van der Waals surface area contributed by atoms with Gasteiger partial charge in [0.2, 0.25) is 5.88 Å². The molecule has 1 heterocycles. The fourth-order valence-corrected chi connectivity index (χ4v) is 1.54. The Morgan fingerprint density at radius 1 is 1.20 bits per heavy atom. The summed E-state index contributed by atoms with van der Waals surface area (Å²) in [6.07, 6.45) is 2.13. The minimum absolute atomic E-state index is 0.0327. The van der Waals surface area contributed by atoms with E-state index >= 15 is 0 Å². The maximum atomic E-state index is 13.3. The second kappa shape index (κ2) is 6.53. The number of nitrogens with zero attached hydrogens (tertiary/aromatic N) is 1. The summed E-state index contributed by atoms with van der Waals surface area (Å²) in [7, 11) is 0. The number of pyridine rings is 1. The second-order valence-electron chi connectivity index (χ2n) is 7.38. The van der Waals surface area contributed by atoms with Crippen LogP contribution < -0.4 is 10.1 Å². The summed E-state index contributed by atoms with van der Waals surface area (Å²) in [5.41, 5.74) is 0.938. The first-order valence-electron chi connectivity index (χ1n) is 7.09. The lowest BCUT2D eigenvalue weighted by molar-refractivity contribution is 0.233. The van der Waals surface area contributed by atoms with E-state index in [0.717, 1.165) is 12.0 Å². The molecule has 0 spiro atoms. The first-order valence-corrected chi connectivity index (χ1v) is 7.09. The Bertz CT molecular complexity index is 433. The summed E-state index contributed by atoms with van der Waals surface area (Å²) < 4.78 is 19.0. The average Bonchev–Trinajstić information content (AvgIpc) is 2.26. The van der Waals surface area contributed by atoms with E-state index < -0.39 is 0 Å². The van der Waals surface area contributed by atoms with E-state index in [-0.39, 0.29) is 16.8 Å². The monoisotopic (exact) mass is 282 g/mol. The van der Waals surface area contributed by atoms with Crippen molar-refractivity contribution in [1.82, 2.24) is 10.3 Å². The molecule has 0 amide bonds. The number of ether oxygens (including phenoxy) is 1. The third kappa shape index (κ3) is 6.85. The zero-order valence-corrected chi connectivity index (χ0v) is 13.5. The molecule has 1 aromatic rings. The predicted octanol–water partition coefficient (Wildman–Crippen LogP) is 3.92. The lowest BCUT2D eigenvalue weighted by Gasteiger charge is -2.22. The van der Waals surface area contributed by atoms with Gasteiger partial charge < -0.3 is 10.1 Å². The molecule has 0 fully saturated rings. The average molecular weight is 282 g/mol. The summed E-state index contributed by atoms with van der Waals surface area (Å²) in [4.78, 5) is 4.06. The van der Waals surface area contributed by atoms with Crippen LogP contribution in [-0.4, -0.2) is 17.1 Å². The molecule has 0 saturated carbocycles. The highest BCUT2D eigenvalue weighted by atomic mass is 19.1. The van der Waals surface area contributed by atoms with E-state index in [0.29, 0.717) is 19.0 Å². The lowest BCUT2D eigenvalue weighted by atomic mass is 9.93. The van der Waals surface area contributed by atoms with E-state index in [1.165, 1.54) is 12.3 Å². The minimum atomic E-state index is -0.334. The summed E-state index contributed by atoms with van der Waals surface area (Å²) in [6.45, 7) is 13.8. The van der Waals surface area contributed by atoms with E-state index in [9.17, 15) is 4.39 Å². The summed E-state index contributed by atoms with van der Waals surface area (Å²) in [5, 5.41) is 3.33. The molecule has 1 N–H and O–H groups in total. The van der Waals surface area contributed by atoms with Gasteiger partial charge in [0, 0.05) is 17.6 Å². The molecule has 4 heteroatoms. The standard InChI is InChI=1S/C16H27FN2O/c1-15(2,3)7-8-20-14-12(9-13(17)11-18-14)10-19-16(4,5)6/h9,11,19H,7-8,10H2,1-6H3. The number of halogens is 1. The number of rotatable bonds is 5. The smallest absolute Gasteiger partial charge is 0.218 e. The molecule has 0 atom stereocenters. The third-order valence-corrected chi connectivity index (χ3v) is 2.79. The van der Waals surface area contributed by atoms with Crippen LogP contribution in [0.5, 0.6) is 5.88 Å². The quantitative estimate of drug-likeness (QED) is 0.888. The van der Waals surface area contributed by atoms with Crippen LogP contribution in [0.15, 0.2) is 12.3 Å². The van der Waals surface area contributed by atoms with Crippen LogP contribution in [0.1, 0.15) is 53.5 Å². The summed E-state index contributed by atoms with van der Waals surface area (Å²) in [6, 6.07) is 1.48. The largest absolute Gasteiger partial charge is 0.477 e. The number of aromatic nitrogens is 1. The molecule has 0 saturated heterocycles. The van der Waals surface area contributed by atoms with Crippen molar-refractivity contribution in [2.45, 2.75) is 60.0 Å². The van der Waals surface area contributed by atoms with Crippen LogP contribution in [0.2, 0.25) is 0 Å². The maximum Gasteiger partial charge on any atom is 0.218 e. The van der Waals surface area contributed by atoms with E-state index in [1.807, 2.05) is 0 Å². The minimum Gasteiger partial charge on any atom is -0.477 e. The fraction of sp³-hybridized carbons (Fsp3) is 0.688. The van der Waals surface area contributed by atoms with Gasteiger partial charge in [0.05, 0.1) is 12.8 Å². The highest BCUT2D eigenvalue weighted by molar-refractivity contribution is 5.26. The van der Waals surface area contributed by atoms with Gasteiger partial charge in [-0.2, -0.15) is 0 Å². The first-order chi connectivity index (χ1) is 9.07. The molecule has 1 aromatic heterocycles. The van der Waals surface area contributed by atoms with Gasteiger partial charge in [0.25, 0.3) is 0 Å². The lowest BCUT2D eigenvalue weighted by Crippen LogP contribution is -2.35. The van der Waals surface area contributed by atoms with Gasteiger partial charge in [0.15, 0.2) is 0 Å². The summed E-state index contributed by atoms with van der Waals surface area (Å²) in [5.74, 6) is 0.186. The van der Waals surface area contributed by atoms with Crippen molar-refractivity contribution in [3.63, 3.8) is 0 Å². The molecular weight excluding hydrogens is 255 g/mol. The van der Waals surface area contributed by atoms with Gasteiger partial charge >= 0.3 is 0 Å². The highest BCUT2D eigenvalue weighted by Gasteiger charge is 2.14. The van der Waals surface area contributed by atoms with Crippen LogP contribution >= 0.6 is 0 Å². The van der Waals surface area contributed by atoms with Crippen LogP contribution in [0, 0.1) is 11.2 Å². The first kappa shape index (κ1) is 16.9. The van der Waals surface area contributed by atoms with Crippen molar-refractivity contribution < 1.29 is 9.13 Å². The topological polar surface area (TPSA) is 34.1 Å². The van der Waals surface area contributed by atoms with Crippen molar-refractivity contribution in [2.75, 3.05) is 6.61 Å². The van der Waals surface area contributed by atoms with Gasteiger partial charge in [-0.1, -0.05) is 20.8 Å². The molecular formula is C16H27FN2O. The normalized spacial score (nSPS) is 12.6. The predicted molar refractivity (Wildman–Crippen MR) is 80.4 cm³/mol. The van der Waals surface area contributed by atoms with E-state index in [1.54, 1.807) is 0 Å². The van der Waals surface area contributed by atoms with Crippen molar-refractivity contribution >= 4 is 0 Å². The SMILES string of the molecule is CC(C)(C)CCOc1ncc(F)cc1CNC(C)(C)C. The highest BCUT2D eigenvalue weighted by Crippen LogP contribution is 2.21. The molecule has 1 rings (SSSR count). The van der Waals surface area contributed by atoms with E-state index in [4.69, 9.17) is 4.74 Å². The Labute approximate surface area is 121 Å². The number of hydrogen-bond donors (Lipinski definition) is 1. The molecule has 0 bridgehead atoms. The van der Waals surface area contributed by atoms with E-state index in [2.05, 4.69) is 51.8 Å². The second-order valence-corrected chi connectivity index (χ2v) is 7.38. The van der Waals surface area contributed by atoms with Gasteiger partial charge in [-0.25, -0.2) is 9.37 Å². The molecule has 0 aliphatic carbocycles. The van der Waals surface area contributed by atoms with Crippen LogP contribution in [0.4, 0.5) is 4.39 Å².